The Balaban J connectivity index is 1.90. The van der Waals surface area contributed by atoms with Crippen molar-refractivity contribution in [1.29, 1.82) is 0 Å². The Bertz CT molecular complexity index is 722. The molecule has 2 rings (SSSR count). The van der Waals surface area contributed by atoms with Crippen LogP contribution in [0.3, 0.4) is 0 Å². The maximum Gasteiger partial charge on any atom is 0.251 e. The lowest BCUT2D eigenvalue weighted by Gasteiger charge is -2.07. The van der Waals surface area contributed by atoms with Crippen LogP contribution in [-0.4, -0.2) is 18.4 Å². The third-order valence-electron chi connectivity index (χ3n) is 2.70. The van der Waals surface area contributed by atoms with Crippen LogP contribution in [0.5, 0.6) is 0 Å². The molecule has 0 heterocycles. The van der Waals surface area contributed by atoms with Gasteiger partial charge in [-0.15, -0.1) is 0 Å². The Morgan fingerprint density at radius 3 is 2.50 bits per heavy atom. The van der Waals surface area contributed by atoms with Crippen molar-refractivity contribution in [3.05, 3.63) is 64.1 Å². The minimum absolute atomic E-state index is 0.0610. The minimum atomic E-state index is -1.12. The number of rotatable bonds is 4. The molecule has 7 heteroatoms. The molecule has 2 aromatic rings. The predicted octanol–water partition coefficient (Wildman–Crippen LogP) is 3.10. The summed E-state index contributed by atoms with van der Waals surface area (Å²) in [5.74, 6) is -3.26. The van der Waals surface area contributed by atoms with Gasteiger partial charge in [-0.05, 0) is 36.4 Å². The second kappa shape index (κ2) is 7.13. The summed E-state index contributed by atoms with van der Waals surface area (Å²) < 4.78 is 26.6. The van der Waals surface area contributed by atoms with Crippen LogP contribution in [0.2, 0.25) is 0 Å². The maximum atomic E-state index is 13.0. The van der Waals surface area contributed by atoms with Gasteiger partial charge in [0.05, 0.1) is 6.54 Å². The molecule has 0 unspecified atom stereocenters. The fourth-order valence-corrected chi connectivity index (χ4v) is 2.07. The number of halogens is 3. The summed E-state index contributed by atoms with van der Waals surface area (Å²) in [7, 11) is 0. The second-order valence-corrected chi connectivity index (χ2v) is 5.29. The fourth-order valence-electron chi connectivity index (χ4n) is 1.67. The number of nitrogens with one attached hydrogen (secondary N) is 2. The van der Waals surface area contributed by atoms with E-state index >= 15 is 0 Å². The topological polar surface area (TPSA) is 58.2 Å². The SMILES string of the molecule is O=C(CNC(=O)c1ccc(F)c(F)c1)Nc1cccc(Br)c1. The molecule has 0 saturated carbocycles. The van der Waals surface area contributed by atoms with E-state index in [1.165, 1.54) is 0 Å². The van der Waals surface area contributed by atoms with E-state index in [0.29, 0.717) is 5.69 Å². The molecule has 0 aliphatic carbocycles. The summed E-state index contributed by atoms with van der Waals surface area (Å²) in [6, 6.07) is 9.72. The molecule has 0 spiro atoms. The van der Waals surface area contributed by atoms with Gasteiger partial charge in [-0.3, -0.25) is 9.59 Å². The summed E-state index contributed by atoms with van der Waals surface area (Å²) in [4.78, 5) is 23.4. The Hall–Kier alpha value is -2.28. The molecule has 0 aliphatic rings. The lowest BCUT2D eigenvalue weighted by molar-refractivity contribution is -0.115. The highest BCUT2D eigenvalue weighted by atomic mass is 79.9. The second-order valence-electron chi connectivity index (χ2n) is 4.37. The number of carbonyl (C=O) groups is 2. The first-order valence-electron chi connectivity index (χ1n) is 6.24. The van der Waals surface area contributed by atoms with E-state index in [-0.39, 0.29) is 12.1 Å². The van der Waals surface area contributed by atoms with Crippen molar-refractivity contribution in [2.45, 2.75) is 0 Å². The Labute approximate surface area is 133 Å². The summed E-state index contributed by atoms with van der Waals surface area (Å²) >= 11 is 3.27. The zero-order valence-electron chi connectivity index (χ0n) is 11.2. The zero-order chi connectivity index (χ0) is 16.1. The third-order valence-corrected chi connectivity index (χ3v) is 3.19. The van der Waals surface area contributed by atoms with E-state index in [4.69, 9.17) is 0 Å². The molecule has 0 aromatic heterocycles. The highest BCUT2D eigenvalue weighted by Gasteiger charge is 2.11. The largest absolute Gasteiger partial charge is 0.343 e. The molecule has 0 bridgehead atoms. The van der Waals surface area contributed by atoms with E-state index in [9.17, 15) is 18.4 Å². The summed E-state index contributed by atoms with van der Waals surface area (Å²) in [6.45, 7) is -0.287. The van der Waals surface area contributed by atoms with Crippen molar-refractivity contribution in [2.24, 2.45) is 0 Å². The van der Waals surface area contributed by atoms with Gasteiger partial charge in [0.25, 0.3) is 5.91 Å². The molecule has 0 atom stereocenters. The predicted molar refractivity (Wildman–Crippen MR) is 81.5 cm³/mol. The number of hydrogen-bond donors (Lipinski definition) is 2. The quantitative estimate of drug-likeness (QED) is 0.870. The molecule has 2 aromatic carbocycles. The number of amides is 2. The first kappa shape index (κ1) is 16.1. The average molecular weight is 369 g/mol. The molecule has 0 radical (unpaired) electrons. The van der Waals surface area contributed by atoms with Gasteiger partial charge in [-0.2, -0.15) is 0 Å². The van der Waals surface area contributed by atoms with Crippen molar-refractivity contribution in [2.75, 3.05) is 11.9 Å². The van der Waals surface area contributed by atoms with Gasteiger partial charge < -0.3 is 10.6 Å². The third kappa shape index (κ3) is 4.36. The van der Waals surface area contributed by atoms with Gasteiger partial charge in [0, 0.05) is 15.7 Å². The standard InChI is InChI=1S/C15H11BrF2N2O2/c16-10-2-1-3-11(7-10)20-14(21)8-19-15(22)9-4-5-12(17)13(18)6-9/h1-7H,8H2,(H,19,22)(H,20,21). The highest BCUT2D eigenvalue weighted by Crippen LogP contribution is 2.15. The first-order chi connectivity index (χ1) is 10.5. The van der Waals surface area contributed by atoms with Crippen LogP contribution in [0.4, 0.5) is 14.5 Å². The van der Waals surface area contributed by atoms with Gasteiger partial charge >= 0.3 is 0 Å². The van der Waals surface area contributed by atoms with Crippen LogP contribution in [-0.2, 0) is 4.79 Å². The molecule has 22 heavy (non-hydrogen) atoms. The highest BCUT2D eigenvalue weighted by molar-refractivity contribution is 9.10. The van der Waals surface area contributed by atoms with E-state index in [2.05, 4.69) is 26.6 Å². The molecule has 0 saturated heterocycles. The van der Waals surface area contributed by atoms with Crippen molar-refractivity contribution in [1.82, 2.24) is 5.32 Å². The van der Waals surface area contributed by atoms with E-state index in [1.807, 2.05) is 0 Å². The molecule has 4 nitrogen and oxygen atoms in total. The number of benzene rings is 2. The lowest BCUT2D eigenvalue weighted by Crippen LogP contribution is -2.32. The van der Waals surface area contributed by atoms with Crippen molar-refractivity contribution in [3.8, 4) is 0 Å². The lowest BCUT2D eigenvalue weighted by atomic mass is 10.2. The molecule has 0 aliphatic heterocycles. The maximum absolute atomic E-state index is 13.0. The molecule has 2 amide bonds. The number of hydrogen-bond acceptors (Lipinski definition) is 2. The summed E-state index contributed by atoms with van der Waals surface area (Å²) in [5, 5.41) is 4.92. The number of carbonyl (C=O) groups excluding carboxylic acids is 2. The van der Waals surface area contributed by atoms with Crippen LogP contribution in [0.15, 0.2) is 46.9 Å². The Morgan fingerprint density at radius 2 is 1.82 bits per heavy atom. The zero-order valence-corrected chi connectivity index (χ0v) is 12.8. The van der Waals surface area contributed by atoms with Crippen LogP contribution < -0.4 is 10.6 Å². The van der Waals surface area contributed by atoms with Gasteiger partial charge in [0.1, 0.15) is 0 Å². The van der Waals surface area contributed by atoms with Crippen LogP contribution >= 0.6 is 15.9 Å². The average Bonchev–Trinajstić information content (AvgIpc) is 2.47. The first-order valence-corrected chi connectivity index (χ1v) is 7.03. The van der Waals surface area contributed by atoms with Crippen molar-refractivity contribution in [3.63, 3.8) is 0 Å². The Kier molecular flexibility index (Phi) is 5.21. The normalized spacial score (nSPS) is 10.1. The van der Waals surface area contributed by atoms with Gasteiger partial charge in [-0.25, -0.2) is 8.78 Å². The van der Waals surface area contributed by atoms with Crippen LogP contribution in [0, 0.1) is 11.6 Å². The van der Waals surface area contributed by atoms with Crippen LogP contribution in [0.25, 0.3) is 0 Å². The minimum Gasteiger partial charge on any atom is -0.343 e. The van der Waals surface area contributed by atoms with Gasteiger partial charge in [0.2, 0.25) is 5.91 Å². The molecule has 2 N–H and O–H groups in total. The monoisotopic (exact) mass is 368 g/mol. The molecule has 114 valence electrons. The van der Waals surface area contributed by atoms with Gasteiger partial charge in [-0.1, -0.05) is 22.0 Å². The smallest absolute Gasteiger partial charge is 0.251 e. The summed E-state index contributed by atoms with van der Waals surface area (Å²) in [5.41, 5.74) is 0.510. The number of anilines is 1. The van der Waals surface area contributed by atoms with Crippen molar-refractivity contribution >= 4 is 33.4 Å². The van der Waals surface area contributed by atoms with E-state index in [0.717, 1.165) is 22.7 Å². The van der Waals surface area contributed by atoms with Crippen molar-refractivity contribution < 1.29 is 18.4 Å². The fraction of sp³-hybridized carbons (Fsp3) is 0.0667. The molecular weight excluding hydrogens is 358 g/mol. The van der Waals surface area contributed by atoms with Gasteiger partial charge in [0.15, 0.2) is 11.6 Å². The summed E-state index contributed by atoms with van der Waals surface area (Å²) in [6.07, 6.45) is 0. The molecular formula is C15H11BrF2N2O2. The van der Waals surface area contributed by atoms with E-state index in [1.54, 1.807) is 24.3 Å². The van der Waals surface area contributed by atoms with Crippen LogP contribution in [0.1, 0.15) is 10.4 Å². The molecule has 0 fully saturated rings. The van der Waals surface area contributed by atoms with E-state index < -0.39 is 23.4 Å². The Morgan fingerprint density at radius 1 is 1.05 bits per heavy atom.